The average molecular weight is 356 g/mol. The van der Waals surface area contributed by atoms with E-state index in [9.17, 15) is 13.2 Å². The van der Waals surface area contributed by atoms with E-state index in [4.69, 9.17) is 0 Å². The van der Waals surface area contributed by atoms with Gasteiger partial charge in [0.15, 0.2) is 0 Å². The van der Waals surface area contributed by atoms with Crippen LogP contribution in [0.2, 0.25) is 0 Å². The van der Waals surface area contributed by atoms with E-state index in [2.05, 4.69) is 27.6 Å². The standard InChI is InChI=1S/C11H12F3IN2/c12-11(13,14)8-1-2-10(16-7-8)17-5-3-9(15)4-6-17/h1-2,7,9H,3-6H2. The Bertz CT molecular complexity index is 369. The predicted octanol–water partition coefficient (Wildman–Crippen LogP) is 3.50. The van der Waals surface area contributed by atoms with E-state index in [1.807, 2.05) is 4.90 Å². The Hall–Kier alpha value is -0.530. The third-order valence-corrected chi connectivity index (χ3v) is 4.07. The van der Waals surface area contributed by atoms with Crippen molar-refractivity contribution in [1.29, 1.82) is 0 Å². The number of alkyl halides is 4. The molecule has 0 aromatic carbocycles. The van der Waals surface area contributed by atoms with Gasteiger partial charge in [0.05, 0.1) is 5.56 Å². The molecule has 0 aliphatic carbocycles. The molecule has 2 heterocycles. The van der Waals surface area contributed by atoms with E-state index in [1.54, 1.807) is 0 Å². The summed E-state index contributed by atoms with van der Waals surface area (Å²) in [5.74, 6) is 0.640. The molecule has 2 rings (SSSR count). The van der Waals surface area contributed by atoms with Crippen LogP contribution in [0.1, 0.15) is 18.4 Å². The van der Waals surface area contributed by atoms with Gasteiger partial charge in [-0.05, 0) is 25.0 Å². The topological polar surface area (TPSA) is 16.1 Å². The number of nitrogens with zero attached hydrogens (tertiary/aromatic N) is 2. The lowest BCUT2D eigenvalue weighted by molar-refractivity contribution is -0.137. The molecular weight excluding hydrogens is 344 g/mol. The fourth-order valence-corrected chi connectivity index (χ4v) is 2.37. The zero-order valence-corrected chi connectivity index (χ0v) is 11.2. The molecule has 94 valence electrons. The van der Waals surface area contributed by atoms with Crippen LogP contribution < -0.4 is 4.90 Å². The van der Waals surface area contributed by atoms with Crippen LogP contribution in [0.25, 0.3) is 0 Å². The van der Waals surface area contributed by atoms with Gasteiger partial charge in [0, 0.05) is 23.2 Å². The number of hydrogen-bond acceptors (Lipinski definition) is 2. The van der Waals surface area contributed by atoms with E-state index in [-0.39, 0.29) is 0 Å². The summed E-state index contributed by atoms with van der Waals surface area (Å²) in [5.41, 5.74) is -0.690. The van der Waals surface area contributed by atoms with Crippen molar-refractivity contribution in [3.63, 3.8) is 0 Å². The van der Waals surface area contributed by atoms with E-state index in [0.29, 0.717) is 9.74 Å². The fraction of sp³-hybridized carbons (Fsp3) is 0.545. The molecule has 0 spiro atoms. The lowest BCUT2D eigenvalue weighted by Gasteiger charge is -2.30. The highest BCUT2D eigenvalue weighted by molar-refractivity contribution is 14.1. The Balaban J connectivity index is 2.08. The van der Waals surface area contributed by atoms with Crippen LogP contribution in [0.4, 0.5) is 19.0 Å². The molecule has 0 N–H and O–H groups in total. The molecular formula is C11H12F3IN2. The van der Waals surface area contributed by atoms with Gasteiger partial charge in [-0.1, -0.05) is 22.6 Å². The van der Waals surface area contributed by atoms with Gasteiger partial charge >= 0.3 is 6.18 Å². The third-order valence-electron chi connectivity index (χ3n) is 2.82. The van der Waals surface area contributed by atoms with Crippen molar-refractivity contribution in [1.82, 2.24) is 4.98 Å². The number of pyridine rings is 1. The quantitative estimate of drug-likeness (QED) is 0.566. The van der Waals surface area contributed by atoms with Gasteiger partial charge in [-0.2, -0.15) is 13.2 Å². The molecule has 0 atom stereocenters. The zero-order chi connectivity index (χ0) is 12.5. The molecule has 0 bridgehead atoms. The summed E-state index contributed by atoms with van der Waals surface area (Å²) in [5, 5.41) is 0. The second kappa shape index (κ2) is 4.99. The first kappa shape index (κ1) is 12.9. The van der Waals surface area contributed by atoms with Gasteiger partial charge in [-0.15, -0.1) is 0 Å². The molecule has 1 aliphatic rings. The normalized spacial score (nSPS) is 18.5. The number of piperidine rings is 1. The maximum atomic E-state index is 12.4. The van der Waals surface area contributed by atoms with Gasteiger partial charge in [0.25, 0.3) is 0 Å². The van der Waals surface area contributed by atoms with Crippen LogP contribution in [0.3, 0.4) is 0 Å². The lowest BCUT2D eigenvalue weighted by Crippen LogP contribution is -2.34. The minimum Gasteiger partial charge on any atom is -0.357 e. The molecule has 1 saturated heterocycles. The Labute approximate surface area is 111 Å². The highest BCUT2D eigenvalue weighted by Crippen LogP contribution is 2.30. The van der Waals surface area contributed by atoms with Crippen molar-refractivity contribution >= 4 is 28.4 Å². The average Bonchev–Trinajstić information content (AvgIpc) is 2.29. The molecule has 17 heavy (non-hydrogen) atoms. The van der Waals surface area contributed by atoms with Gasteiger partial charge in [-0.25, -0.2) is 4.98 Å². The number of aromatic nitrogens is 1. The van der Waals surface area contributed by atoms with Crippen molar-refractivity contribution in [2.24, 2.45) is 0 Å². The summed E-state index contributed by atoms with van der Waals surface area (Å²) in [6.07, 6.45) is -1.28. The summed E-state index contributed by atoms with van der Waals surface area (Å²) in [6.45, 7) is 1.73. The molecule has 0 amide bonds. The number of anilines is 1. The molecule has 1 aromatic rings. The van der Waals surface area contributed by atoms with Gasteiger partial charge in [0.2, 0.25) is 0 Å². The van der Waals surface area contributed by atoms with Crippen molar-refractivity contribution in [3.8, 4) is 0 Å². The molecule has 0 unspecified atom stereocenters. The third kappa shape index (κ3) is 3.23. The molecule has 2 nitrogen and oxygen atoms in total. The number of halogens is 4. The maximum Gasteiger partial charge on any atom is 0.417 e. The first-order valence-corrected chi connectivity index (χ1v) is 6.63. The highest BCUT2D eigenvalue weighted by atomic mass is 127. The van der Waals surface area contributed by atoms with E-state index in [0.717, 1.165) is 38.2 Å². The summed E-state index contributed by atoms with van der Waals surface area (Å²) in [4.78, 5) is 5.93. The van der Waals surface area contributed by atoms with Gasteiger partial charge in [0.1, 0.15) is 5.82 Å². The zero-order valence-electron chi connectivity index (χ0n) is 9.04. The van der Waals surface area contributed by atoms with Crippen LogP contribution in [0.5, 0.6) is 0 Å². The summed E-state index contributed by atoms with van der Waals surface area (Å²) >= 11 is 2.41. The van der Waals surface area contributed by atoms with Crippen LogP contribution in [-0.4, -0.2) is 22.0 Å². The Morgan fingerprint density at radius 1 is 1.24 bits per heavy atom. The molecule has 1 aliphatic heterocycles. The second-order valence-corrected chi connectivity index (χ2v) is 5.83. The first-order valence-electron chi connectivity index (χ1n) is 5.39. The molecule has 0 radical (unpaired) electrons. The first-order chi connectivity index (χ1) is 7.97. The Morgan fingerprint density at radius 2 is 1.88 bits per heavy atom. The summed E-state index contributed by atoms with van der Waals surface area (Å²) in [7, 11) is 0. The van der Waals surface area contributed by atoms with Crippen LogP contribution in [0.15, 0.2) is 18.3 Å². The maximum absolute atomic E-state index is 12.4. The Morgan fingerprint density at radius 3 is 2.35 bits per heavy atom. The molecule has 0 saturated carbocycles. The number of rotatable bonds is 1. The molecule has 1 fully saturated rings. The van der Waals surface area contributed by atoms with Crippen LogP contribution in [0, 0.1) is 0 Å². The van der Waals surface area contributed by atoms with Crippen LogP contribution in [-0.2, 0) is 6.18 Å². The van der Waals surface area contributed by atoms with E-state index < -0.39 is 11.7 Å². The summed E-state index contributed by atoms with van der Waals surface area (Å²) < 4.78 is 37.7. The van der Waals surface area contributed by atoms with Crippen molar-refractivity contribution in [3.05, 3.63) is 23.9 Å². The smallest absolute Gasteiger partial charge is 0.357 e. The van der Waals surface area contributed by atoms with Crippen molar-refractivity contribution in [2.45, 2.75) is 22.9 Å². The predicted molar refractivity (Wildman–Crippen MR) is 68.5 cm³/mol. The highest BCUT2D eigenvalue weighted by Gasteiger charge is 2.31. The fourth-order valence-electron chi connectivity index (χ4n) is 1.82. The minimum atomic E-state index is -4.30. The second-order valence-electron chi connectivity index (χ2n) is 4.06. The monoisotopic (exact) mass is 356 g/mol. The van der Waals surface area contributed by atoms with Crippen molar-refractivity contribution in [2.75, 3.05) is 18.0 Å². The minimum absolute atomic E-state index is 0.640. The molecule has 6 heteroatoms. The van der Waals surface area contributed by atoms with E-state index in [1.165, 1.54) is 6.07 Å². The van der Waals surface area contributed by atoms with Crippen LogP contribution >= 0.6 is 22.6 Å². The van der Waals surface area contributed by atoms with E-state index >= 15 is 0 Å². The summed E-state index contributed by atoms with van der Waals surface area (Å²) in [6, 6.07) is 2.55. The number of hydrogen-bond donors (Lipinski definition) is 0. The van der Waals surface area contributed by atoms with Gasteiger partial charge < -0.3 is 4.90 Å². The Kier molecular flexibility index (Phi) is 3.79. The largest absolute Gasteiger partial charge is 0.417 e. The van der Waals surface area contributed by atoms with Crippen molar-refractivity contribution < 1.29 is 13.2 Å². The van der Waals surface area contributed by atoms with Gasteiger partial charge in [-0.3, -0.25) is 0 Å². The lowest BCUT2D eigenvalue weighted by atomic mass is 10.1. The molecule has 1 aromatic heterocycles. The SMILES string of the molecule is FC(F)(F)c1ccc(N2CCC(I)CC2)nc1.